The van der Waals surface area contributed by atoms with E-state index in [1.165, 1.54) is 12.1 Å². The quantitative estimate of drug-likeness (QED) is 0.585. The van der Waals surface area contributed by atoms with Gasteiger partial charge in [0, 0.05) is 31.1 Å². The highest BCUT2D eigenvalue weighted by atomic mass is 16.6. The molecule has 0 aromatic heterocycles. The van der Waals surface area contributed by atoms with Gasteiger partial charge in [0.05, 0.1) is 4.92 Å². The third kappa shape index (κ3) is 4.14. The standard InChI is InChI=1S/C12H17N3O3/c1-9(7-13-2)12(16)14-8-10-4-3-5-11(6-10)15(17)18/h3-6,9,13H,7-8H2,1-2H3,(H,14,16). The van der Waals surface area contributed by atoms with Crippen molar-refractivity contribution in [3.8, 4) is 0 Å². The van der Waals surface area contributed by atoms with E-state index in [4.69, 9.17) is 0 Å². The van der Waals surface area contributed by atoms with E-state index in [1.807, 2.05) is 6.92 Å². The normalized spacial score (nSPS) is 11.9. The highest BCUT2D eigenvalue weighted by molar-refractivity contribution is 5.78. The molecular weight excluding hydrogens is 234 g/mol. The Balaban J connectivity index is 2.55. The molecule has 0 aliphatic rings. The average Bonchev–Trinajstić information content (AvgIpc) is 2.36. The Bertz CT molecular complexity index is 434. The molecule has 1 aromatic carbocycles. The first-order chi connectivity index (χ1) is 8.54. The van der Waals surface area contributed by atoms with Crippen LogP contribution in [-0.2, 0) is 11.3 Å². The summed E-state index contributed by atoms with van der Waals surface area (Å²) in [4.78, 5) is 21.8. The van der Waals surface area contributed by atoms with Gasteiger partial charge in [-0.2, -0.15) is 0 Å². The van der Waals surface area contributed by atoms with Gasteiger partial charge in [-0.1, -0.05) is 19.1 Å². The fourth-order valence-electron chi connectivity index (χ4n) is 1.54. The molecule has 1 unspecified atom stereocenters. The molecule has 1 amide bonds. The van der Waals surface area contributed by atoms with Crippen LogP contribution in [0.3, 0.4) is 0 Å². The second-order valence-electron chi connectivity index (χ2n) is 4.10. The number of benzene rings is 1. The van der Waals surface area contributed by atoms with Crippen LogP contribution in [0.25, 0.3) is 0 Å². The van der Waals surface area contributed by atoms with Crippen LogP contribution in [0.15, 0.2) is 24.3 Å². The van der Waals surface area contributed by atoms with Crippen LogP contribution in [0.5, 0.6) is 0 Å². The van der Waals surface area contributed by atoms with E-state index in [9.17, 15) is 14.9 Å². The molecule has 0 saturated heterocycles. The van der Waals surface area contributed by atoms with Gasteiger partial charge >= 0.3 is 0 Å². The first kappa shape index (κ1) is 14.1. The molecule has 0 fully saturated rings. The van der Waals surface area contributed by atoms with E-state index in [0.29, 0.717) is 18.7 Å². The molecule has 1 rings (SSSR count). The zero-order valence-corrected chi connectivity index (χ0v) is 10.5. The Hall–Kier alpha value is -1.95. The minimum absolute atomic E-state index is 0.0324. The number of carbonyl (C=O) groups is 1. The van der Waals surface area contributed by atoms with Crippen LogP contribution in [0, 0.1) is 16.0 Å². The van der Waals surface area contributed by atoms with E-state index in [-0.39, 0.29) is 17.5 Å². The number of non-ortho nitro benzene ring substituents is 1. The average molecular weight is 251 g/mol. The monoisotopic (exact) mass is 251 g/mol. The number of carbonyl (C=O) groups excluding carboxylic acids is 1. The molecule has 1 aromatic rings. The molecule has 0 spiro atoms. The summed E-state index contributed by atoms with van der Waals surface area (Å²) < 4.78 is 0. The molecule has 0 aliphatic carbocycles. The lowest BCUT2D eigenvalue weighted by Gasteiger charge is -2.11. The van der Waals surface area contributed by atoms with Crippen LogP contribution in [0.2, 0.25) is 0 Å². The largest absolute Gasteiger partial charge is 0.352 e. The number of hydrogen-bond donors (Lipinski definition) is 2. The predicted molar refractivity (Wildman–Crippen MR) is 68.0 cm³/mol. The van der Waals surface area contributed by atoms with Gasteiger partial charge in [0.2, 0.25) is 5.91 Å². The first-order valence-corrected chi connectivity index (χ1v) is 5.70. The predicted octanol–water partition coefficient (Wildman–Crippen LogP) is 1.07. The number of hydrogen-bond acceptors (Lipinski definition) is 4. The Morgan fingerprint density at radius 3 is 2.83 bits per heavy atom. The highest BCUT2D eigenvalue weighted by Crippen LogP contribution is 2.12. The summed E-state index contributed by atoms with van der Waals surface area (Å²) in [5, 5.41) is 16.3. The fraction of sp³-hybridized carbons (Fsp3) is 0.417. The fourth-order valence-corrected chi connectivity index (χ4v) is 1.54. The molecule has 1 atom stereocenters. The minimum Gasteiger partial charge on any atom is -0.352 e. The van der Waals surface area contributed by atoms with Crippen LogP contribution >= 0.6 is 0 Å². The Kier molecular flexibility index (Phi) is 5.26. The molecule has 0 saturated carbocycles. The molecule has 6 nitrogen and oxygen atoms in total. The number of nitro groups is 1. The Labute approximate surface area is 106 Å². The van der Waals surface area contributed by atoms with Crippen LogP contribution < -0.4 is 10.6 Å². The van der Waals surface area contributed by atoms with E-state index < -0.39 is 4.92 Å². The number of nitrogens with one attached hydrogen (secondary N) is 2. The molecule has 0 radical (unpaired) electrons. The smallest absolute Gasteiger partial charge is 0.269 e. The van der Waals surface area contributed by atoms with Crippen molar-refractivity contribution < 1.29 is 9.72 Å². The van der Waals surface area contributed by atoms with E-state index in [0.717, 1.165) is 0 Å². The first-order valence-electron chi connectivity index (χ1n) is 5.70. The number of nitro benzene ring substituents is 1. The van der Waals surface area contributed by atoms with Gasteiger partial charge < -0.3 is 10.6 Å². The van der Waals surface area contributed by atoms with Crippen molar-refractivity contribution in [2.75, 3.05) is 13.6 Å². The Morgan fingerprint density at radius 2 is 2.22 bits per heavy atom. The van der Waals surface area contributed by atoms with Gasteiger partial charge in [-0.15, -0.1) is 0 Å². The minimum atomic E-state index is -0.449. The van der Waals surface area contributed by atoms with Crippen molar-refractivity contribution in [3.05, 3.63) is 39.9 Å². The van der Waals surface area contributed by atoms with Crippen LogP contribution in [-0.4, -0.2) is 24.4 Å². The second kappa shape index (κ2) is 6.70. The molecule has 18 heavy (non-hydrogen) atoms. The SMILES string of the molecule is CNCC(C)C(=O)NCc1cccc([N+](=O)[O-])c1. The summed E-state index contributed by atoms with van der Waals surface area (Å²) >= 11 is 0. The lowest BCUT2D eigenvalue weighted by atomic mass is 10.1. The summed E-state index contributed by atoms with van der Waals surface area (Å²) in [5.41, 5.74) is 0.749. The zero-order chi connectivity index (χ0) is 13.5. The lowest BCUT2D eigenvalue weighted by molar-refractivity contribution is -0.384. The summed E-state index contributed by atoms with van der Waals surface area (Å²) in [6.45, 7) is 2.72. The van der Waals surface area contributed by atoms with Crippen molar-refractivity contribution >= 4 is 11.6 Å². The van der Waals surface area contributed by atoms with Gasteiger partial charge in [0.15, 0.2) is 0 Å². The zero-order valence-electron chi connectivity index (χ0n) is 10.5. The lowest BCUT2D eigenvalue weighted by Crippen LogP contribution is -2.33. The van der Waals surface area contributed by atoms with E-state index >= 15 is 0 Å². The van der Waals surface area contributed by atoms with Gasteiger partial charge in [-0.05, 0) is 12.6 Å². The molecule has 0 heterocycles. The van der Waals surface area contributed by atoms with Gasteiger partial charge in [0.1, 0.15) is 0 Å². The summed E-state index contributed by atoms with van der Waals surface area (Å²) in [6, 6.07) is 6.24. The number of rotatable bonds is 6. The van der Waals surface area contributed by atoms with Crippen molar-refractivity contribution in [2.24, 2.45) is 5.92 Å². The van der Waals surface area contributed by atoms with Crippen LogP contribution in [0.4, 0.5) is 5.69 Å². The van der Waals surface area contributed by atoms with Gasteiger partial charge in [-0.3, -0.25) is 14.9 Å². The number of amides is 1. The second-order valence-corrected chi connectivity index (χ2v) is 4.10. The maximum atomic E-state index is 11.6. The molecule has 0 bridgehead atoms. The summed E-state index contributed by atoms with van der Waals surface area (Å²) in [7, 11) is 1.78. The molecular formula is C12H17N3O3. The summed E-state index contributed by atoms with van der Waals surface area (Å²) in [5.74, 6) is -0.204. The third-order valence-corrected chi connectivity index (χ3v) is 2.55. The van der Waals surface area contributed by atoms with E-state index in [1.54, 1.807) is 19.2 Å². The van der Waals surface area contributed by atoms with Gasteiger partial charge in [0.25, 0.3) is 5.69 Å². The van der Waals surface area contributed by atoms with Gasteiger partial charge in [-0.25, -0.2) is 0 Å². The highest BCUT2D eigenvalue weighted by Gasteiger charge is 2.12. The Morgan fingerprint density at radius 1 is 1.50 bits per heavy atom. The van der Waals surface area contributed by atoms with E-state index in [2.05, 4.69) is 10.6 Å². The maximum Gasteiger partial charge on any atom is 0.269 e. The molecule has 98 valence electrons. The topological polar surface area (TPSA) is 84.3 Å². The third-order valence-electron chi connectivity index (χ3n) is 2.55. The maximum absolute atomic E-state index is 11.6. The van der Waals surface area contributed by atoms with Crippen molar-refractivity contribution in [3.63, 3.8) is 0 Å². The van der Waals surface area contributed by atoms with Crippen molar-refractivity contribution in [1.82, 2.24) is 10.6 Å². The number of nitrogens with zero attached hydrogens (tertiary/aromatic N) is 1. The molecule has 2 N–H and O–H groups in total. The van der Waals surface area contributed by atoms with Crippen LogP contribution in [0.1, 0.15) is 12.5 Å². The molecule has 6 heteroatoms. The summed E-state index contributed by atoms with van der Waals surface area (Å²) in [6.07, 6.45) is 0. The van der Waals surface area contributed by atoms with Crippen molar-refractivity contribution in [1.29, 1.82) is 0 Å². The molecule has 0 aliphatic heterocycles. The van der Waals surface area contributed by atoms with Crippen molar-refractivity contribution in [2.45, 2.75) is 13.5 Å².